The number of aromatic carboxylic acids is 1. The van der Waals surface area contributed by atoms with E-state index < -0.39 is 11.9 Å². The zero-order valence-corrected chi connectivity index (χ0v) is 12.7. The lowest BCUT2D eigenvalue weighted by molar-refractivity contribution is 0.0691. The number of nitrogens with zero attached hydrogens (tertiary/aromatic N) is 1. The van der Waals surface area contributed by atoms with Crippen LogP contribution >= 0.6 is 34.8 Å². The summed E-state index contributed by atoms with van der Waals surface area (Å²) in [5.74, 6) is -2.09. The number of anilines is 1. The molecule has 2 N–H and O–H groups in total. The summed E-state index contributed by atoms with van der Waals surface area (Å²) in [4.78, 5) is 23.2. The predicted octanol–water partition coefficient (Wildman–Crippen LogP) is 3.89. The molecule has 0 unspecified atom stereocenters. The second-order valence-corrected chi connectivity index (χ2v) is 5.11. The molecule has 0 saturated heterocycles. The van der Waals surface area contributed by atoms with Crippen molar-refractivity contribution in [2.24, 2.45) is 0 Å². The molecule has 21 heavy (non-hydrogen) atoms. The van der Waals surface area contributed by atoms with Gasteiger partial charge in [0.05, 0.1) is 20.8 Å². The lowest BCUT2D eigenvalue weighted by Gasteiger charge is -2.08. The summed E-state index contributed by atoms with van der Waals surface area (Å²) in [6.07, 6.45) is 0. The van der Waals surface area contributed by atoms with Gasteiger partial charge < -0.3 is 14.9 Å². The topological polar surface area (TPSA) is 92.4 Å². The van der Waals surface area contributed by atoms with Crippen molar-refractivity contribution in [2.75, 3.05) is 5.32 Å². The van der Waals surface area contributed by atoms with Crippen molar-refractivity contribution in [1.82, 2.24) is 5.16 Å². The summed E-state index contributed by atoms with van der Waals surface area (Å²) in [6, 6.07) is 2.87. The average Bonchev–Trinajstić information content (AvgIpc) is 2.81. The van der Waals surface area contributed by atoms with Gasteiger partial charge in [0.1, 0.15) is 11.3 Å². The lowest BCUT2D eigenvalue weighted by atomic mass is 10.2. The highest BCUT2D eigenvalue weighted by molar-refractivity contribution is 6.49. The van der Waals surface area contributed by atoms with Crippen molar-refractivity contribution in [3.63, 3.8) is 0 Å². The fourth-order valence-corrected chi connectivity index (χ4v) is 2.17. The van der Waals surface area contributed by atoms with Crippen LogP contribution in [0.25, 0.3) is 0 Å². The third-order valence-corrected chi connectivity index (χ3v) is 3.87. The number of amides is 1. The second-order valence-electron chi connectivity index (χ2n) is 3.94. The molecule has 9 heteroatoms. The first-order valence-electron chi connectivity index (χ1n) is 5.47. The van der Waals surface area contributed by atoms with Crippen molar-refractivity contribution in [1.29, 1.82) is 0 Å². The Balaban J connectivity index is 2.35. The van der Waals surface area contributed by atoms with E-state index >= 15 is 0 Å². The number of carbonyl (C=O) groups excluding carboxylic acids is 1. The number of rotatable bonds is 3. The van der Waals surface area contributed by atoms with Gasteiger partial charge in [-0.25, -0.2) is 4.79 Å². The van der Waals surface area contributed by atoms with Gasteiger partial charge in [0.25, 0.3) is 5.91 Å². The van der Waals surface area contributed by atoms with Crippen molar-refractivity contribution >= 4 is 52.4 Å². The maximum atomic E-state index is 12.1. The van der Waals surface area contributed by atoms with Crippen LogP contribution in [-0.2, 0) is 0 Å². The van der Waals surface area contributed by atoms with E-state index in [9.17, 15) is 9.59 Å². The third kappa shape index (κ3) is 2.97. The molecule has 6 nitrogen and oxygen atoms in total. The molecule has 0 saturated carbocycles. The van der Waals surface area contributed by atoms with Crippen LogP contribution < -0.4 is 5.32 Å². The Morgan fingerprint density at radius 3 is 2.52 bits per heavy atom. The van der Waals surface area contributed by atoms with Crippen molar-refractivity contribution < 1.29 is 19.2 Å². The minimum atomic E-state index is -1.32. The van der Waals surface area contributed by atoms with E-state index in [2.05, 4.69) is 10.5 Å². The number of halogens is 3. The highest BCUT2D eigenvalue weighted by Gasteiger charge is 2.25. The minimum Gasteiger partial charge on any atom is -0.477 e. The Kier molecular flexibility index (Phi) is 4.41. The van der Waals surface area contributed by atoms with Crippen LogP contribution in [0.2, 0.25) is 15.1 Å². The van der Waals surface area contributed by atoms with E-state index in [1.54, 1.807) is 0 Å². The molecule has 0 bridgehead atoms. The monoisotopic (exact) mass is 348 g/mol. The zero-order valence-electron chi connectivity index (χ0n) is 10.4. The third-order valence-electron chi connectivity index (χ3n) is 2.58. The van der Waals surface area contributed by atoms with E-state index in [4.69, 9.17) is 44.4 Å². The van der Waals surface area contributed by atoms with Gasteiger partial charge >= 0.3 is 5.97 Å². The summed E-state index contributed by atoms with van der Waals surface area (Å²) in [6.45, 7) is 1.39. The maximum absolute atomic E-state index is 12.1. The molecule has 0 fully saturated rings. The van der Waals surface area contributed by atoms with Gasteiger partial charge in [0.15, 0.2) is 5.69 Å². The molecule has 1 heterocycles. The fraction of sp³-hybridized carbons (Fsp3) is 0.0833. The van der Waals surface area contributed by atoms with Crippen LogP contribution in [0.4, 0.5) is 5.69 Å². The maximum Gasteiger partial charge on any atom is 0.341 e. The second kappa shape index (κ2) is 5.93. The number of aryl methyl sites for hydroxylation is 1. The van der Waals surface area contributed by atoms with Crippen LogP contribution in [0.5, 0.6) is 0 Å². The van der Waals surface area contributed by atoms with Crippen LogP contribution in [0, 0.1) is 6.92 Å². The average molecular weight is 350 g/mol. The molecule has 110 valence electrons. The van der Waals surface area contributed by atoms with Gasteiger partial charge in [-0.15, -0.1) is 0 Å². The largest absolute Gasteiger partial charge is 0.477 e. The lowest BCUT2D eigenvalue weighted by Crippen LogP contribution is -2.16. The smallest absolute Gasteiger partial charge is 0.341 e. The normalized spacial score (nSPS) is 10.5. The summed E-state index contributed by atoms with van der Waals surface area (Å²) < 4.78 is 4.72. The van der Waals surface area contributed by atoms with Crippen LogP contribution in [0.1, 0.15) is 26.6 Å². The Labute approximate surface area is 133 Å². The number of carboxylic acid groups (broad SMARTS) is 1. The van der Waals surface area contributed by atoms with E-state index in [0.717, 1.165) is 0 Å². The van der Waals surface area contributed by atoms with Gasteiger partial charge in [-0.2, -0.15) is 0 Å². The number of aromatic nitrogens is 1. The summed E-state index contributed by atoms with van der Waals surface area (Å²) in [7, 11) is 0. The quantitative estimate of drug-likeness (QED) is 0.820. The Morgan fingerprint density at radius 2 is 1.90 bits per heavy atom. The molecule has 2 aromatic rings. The number of carboxylic acids is 1. The molecular formula is C12H7Cl3N2O4. The highest BCUT2D eigenvalue weighted by atomic mass is 35.5. The molecule has 2 rings (SSSR count). The number of hydrogen-bond acceptors (Lipinski definition) is 4. The van der Waals surface area contributed by atoms with Gasteiger partial charge in [-0.05, 0) is 19.1 Å². The summed E-state index contributed by atoms with van der Waals surface area (Å²) in [5, 5.41) is 15.2. The molecule has 0 radical (unpaired) electrons. The fourth-order valence-electron chi connectivity index (χ4n) is 1.58. The van der Waals surface area contributed by atoms with Gasteiger partial charge in [-0.3, -0.25) is 4.79 Å². The zero-order chi connectivity index (χ0) is 15.7. The van der Waals surface area contributed by atoms with Crippen molar-refractivity contribution in [3.8, 4) is 0 Å². The molecule has 0 aliphatic rings. The molecular weight excluding hydrogens is 343 g/mol. The molecule has 0 spiro atoms. The molecule has 0 atom stereocenters. The molecule has 1 aromatic heterocycles. The van der Waals surface area contributed by atoms with Crippen LogP contribution in [0.15, 0.2) is 16.7 Å². The van der Waals surface area contributed by atoms with Crippen molar-refractivity contribution in [2.45, 2.75) is 6.92 Å². The summed E-state index contributed by atoms with van der Waals surface area (Å²) in [5.41, 5.74) is -0.501. The Morgan fingerprint density at radius 1 is 1.24 bits per heavy atom. The van der Waals surface area contributed by atoms with E-state index in [1.165, 1.54) is 19.1 Å². The number of benzene rings is 1. The van der Waals surface area contributed by atoms with Crippen LogP contribution in [-0.4, -0.2) is 22.1 Å². The Hall–Kier alpha value is -1.76. The van der Waals surface area contributed by atoms with Gasteiger partial charge in [-0.1, -0.05) is 40.0 Å². The van der Waals surface area contributed by atoms with Crippen LogP contribution in [0.3, 0.4) is 0 Å². The van der Waals surface area contributed by atoms with Crippen molar-refractivity contribution in [3.05, 3.63) is 44.2 Å². The first kappa shape index (κ1) is 15.6. The van der Waals surface area contributed by atoms with E-state index in [0.29, 0.717) is 0 Å². The number of carbonyl (C=O) groups is 2. The Bertz CT molecular complexity index is 742. The van der Waals surface area contributed by atoms with E-state index in [-0.39, 0.29) is 37.8 Å². The predicted molar refractivity (Wildman–Crippen MR) is 77.6 cm³/mol. The number of hydrogen-bond donors (Lipinski definition) is 2. The first-order chi connectivity index (χ1) is 9.82. The molecule has 0 aliphatic carbocycles. The van der Waals surface area contributed by atoms with Gasteiger partial charge in [0.2, 0.25) is 0 Å². The standard InChI is InChI=1S/C12H7Cl3N2O4/c1-4-7(12(19)20)10(17-21-4)11(18)16-6-3-2-5(13)8(14)9(6)15/h2-3H,1H3,(H,16,18)(H,19,20). The molecule has 0 aliphatic heterocycles. The first-order valence-corrected chi connectivity index (χ1v) is 6.60. The highest BCUT2D eigenvalue weighted by Crippen LogP contribution is 2.35. The summed E-state index contributed by atoms with van der Waals surface area (Å²) >= 11 is 17.6. The SMILES string of the molecule is Cc1onc(C(=O)Nc2ccc(Cl)c(Cl)c2Cl)c1C(=O)O. The molecule has 1 aromatic carbocycles. The molecule has 1 amide bonds. The van der Waals surface area contributed by atoms with Gasteiger partial charge in [0, 0.05) is 0 Å². The number of nitrogens with one attached hydrogen (secondary N) is 1. The minimum absolute atomic E-state index is 0.0212. The van der Waals surface area contributed by atoms with E-state index in [1.807, 2.05) is 0 Å².